The first-order valence-electron chi connectivity index (χ1n) is 7.69. The minimum Gasteiger partial charge on any atom is -0.481 e. The molecule has 1 N–H and O–H groups in total. The maximum atomic E-state index is 12.8. The van der Waals surface area contributed by atoms with Crippen LogP contribution in [0.5, 0.6) is 0 Å². The number of hydrogen-bond donors (Lipinski definition) is 1. The Labute approximate surface area is 137 Å². The molecule has 23 heavy (non-hydrogen) atoms. The number of hydrogen-bond acceptors (Lipinski definition) is 4. The number of carbonyl (C=O) groups excluding carboxylic acids is 1. The number of ether oxygens (including phenoxy) is 1. The van der Waals surface area contributed by atoms with Gasteiger partial charge in [-0.3, -0.25) is 9.59 Å². The summed E-state index contributed by atoms with van der Waals surface area (Å²) in [5.74, 6) is -0.942. The molecule has 4 rings (SSSR count). The molecule has 2 aromatic rings. The largest absolute Gasteiger partial charge is 0.481 e. The highest BCUT2D eigenvalue weighted by Gasteiger charge is 2.55. The van der Waals surface area contributed by atoms with Crippen LogP contribution in [0.4, 0.5) is 0 Å². The van der Waals surface area contributed by atoms with Crippen LogP contribution in [0.15, 0.2) is 30.3 Å². The lowest BCUT2D eigenvalue weighted by Gasteiger charge is -2.33. The number of fused-ring (bicyclic) bond motifs is 2. The van der Waals surface area contributed by atoms with Gasteiger partial charge in [0.05, 0.1) is 11.5 Å². The van der Waals surface area contributed by atoms with Crippen LogP contribution in [-0.4, -0.2) is 48.2 Å². The monoisotopic (exact) mass is 331 g/mol. The summed E-state index contributed by atoms with van der Waals surface area (Å²) in [4.78, 5) is 27.0. The first-order chi connectivity index (χ1) is 11.1. The third kappa shape index (κ3) is 2.24. The minimum atomic E-state index is -0.940. The van der Waals surface area contributed by atoms with E-state index in [4.69, 9.17) is 4.74 Å². The number of carbonyl (C=O) groups is 2. The fourth-order valence-corrected chi connectivity index (χ4v) is 4.72. The minimum absolute atomic E-state index is 0.0212. The molecule has 0 saturated carbocycles. The summed E-state index contributed by atoms with van der Waals surface area (Å²) in [5.41, 5.74) is -0.940. The van der Waals surface area contributed by atoms with Crippen molar-refractivity contribution in [3.8, 4) is 0 Å². The fourth-order valence-electron chi connectivity index (χ4n) is 3.69. The number of likely N-dealkylation sites (tertiary alicyclic amines) is 1. The molecule has 5 nitrogen and oxygen atoms in total. The van der Waals surface area contributed by atoms with Crippen molar-refractivity contribution in [3.63, 3.8) is 0 Å². The summed E-state index contributed by atoms with van der Waals surface area (Å²) in [6.45, 7) is 1.51. The van der Waals surface area contributed by atoms with Gasteiger partial charge in [0.1, 0.15) is 5.41 Å². The summed E-state index contributed by atoms with van der Waals surface area (Å²) in [5, 5.41) is 10.7. The molecule has 2 aliphatic heterocycles. The summed E-state index contributed by atoms with van der Waals surface area (Å²) in [6, 6.07) is 9.78. The van der Waals surface area contributed by atoms with E-state index in [-0.39, 0.29) is 25.0 Å². The Morgan fingerprint density at radius 2 is 2.17 bits per heavy atom. The molecule has 0 spiro atoms. The molecule has 2 atom stereocenters. The average molecular weight is 331 g/mol. The van der Waals surface area contributed by atoms with Crippen LogP contribution in [0.3, 0.4) is 0 Å². The molecule has 120 valence electrons. The van der Waals surface area contributed by atoms with E-state index in [9.17, 15) is 14.7 Å². The molecule has 2 aliphatic rings. The van der Waals surface area contributed by atoms with Crippen molar-refractivity contribution < 1.29 is 19.4 Å². The number of thiophene rings is 1. The Hall–Kier alpha value is -1.92. The summed E-state index contributed by atoms with van der Waals surface area (Å²) in [7, 11) is 0. The van der Waals surface area contributed by atoms with Crippen molar-refractivity contribution in [2.45, 2.75) is 6.42 Å². The van der Waals surface area contributed by atoms with Gasteiger partial charge < -0.3 is 14.7 Å². The molecule has 1 aromatic heterocycles. The average Bonchev–Trinajstić information content (AvgIpc) is 3.16. The normalized spacial score (nSPS) is 27.1. The van der Waals surface area contributed by atoms with E-state index in [1.807, 2.05) is 30.3 Å². The molecule has 3 heterocycles. The SMILES string of the molecule is O=C(c1cc2ccccc2s1)N1C[C@@H]2CCOC[C@]2(C(=O)O)C1. The number of rotatable bonds is 2. The van der Waals surface area contributed by atoms with Crippen LogP contribution in [0.2, 0.25) is 0 Å². The zero-order chi connectivity index (χ0) is 16.0. The van der Waals surface area contributed by atoms with E-state index in [1.54, 1.807) is 4.90 Å². The lowest BCUT2D eigenvalue weighted by atomic mass is 9.76. The number of benzene rings is 1. The van der Waals surface area contributed by atoms with E-state index in [0.717, 1.165) is 10.1 Å². The molecule has 0 radical (unpaired) electrons. The van der Waals surface area contributed by atoms with Gasteiger partial charge in [-0.25, -0.2) is 0 Å². The van der Waals surface area contributed by atoms with E-state index in [2.05, 4.69) is 0 Å². The predicted molar refractivity (Wildman–Crippen MR) is 86.7 cm³/mol. The number of carboxylic acids is 1. The molecule has 0 unspecified atom stereocenters. The Morgan fingerprint density at radius 1 is 1.35 bits per heavy atom. The second-order valence-corrected chi connectivity index (χ2v) is 7.42. The summed E-state index contributed by atoms with van der Waals surface area (Å²) in [6.07, 6.45) is 0.697. The Balaban J connectivity index is 1.63. The molecule has 0 bridgehead atoms. The molecule has 1 amide bonds. The standard InChI is InChI=1S/C17H17NO4S/c19-15(14-7-11-3-1-2-4-13(11)23-14)18-8-12-5-6-22-10-17(12,9-18)16(20)21/h1-4,7,12H,5-6,8-10H2,(H,20,21)/t12-,17+/m0/s1. The van der Waals surface area contributed by atoms with Crippen molar-refractivity contribution in [3.05, 3.63) is 35.2 Å². The van der Waals surface area contributed by atoms with Crippen LogP contribution in [0.25, 0.3) is 10.1 Å². The molecule has 2 saturated heterocycles. The van der Waals surface area contributed by atoms with E-state index < -0.39 is 11.4 Å². The quantitative estimate of drug-likeness (QED) is 0.918. The number of amides is 1. The highest BCUT2D eigenvalue weighted by atomic mass is 32.1. The Bertz CT molecular complexity index is 753. The van der Waals surface area contributed by atoms with Crippen LogP contribution in [0, 0.1) is 11.3 Å². The highest BCUT2D eigenvalue weighted by molar-refractivity contribution is 7.20. The highest BCUT2D eigenvalue weighted by Crippen LogP contribution is 2.42. The topological polar surface area (TPSA) is 66.8 Å². The lowest BCUT2D eigenvalue weighted by molar-refractivity contribution is -0.159. The zero-order valence-corrected chi connectivity index (χ0v) is 13.3. The summed E-state index contributed by atoms with van der Waals surface area (Å²) < 4.78 is 6.49. The maximum absolute atomic E-state index is 12.8. The molecular weight excluding hydrogens is 314 g/mol. The maximum Gasteiger partial charge on any atom is 0.314 e. The lowest BCUT2D eigenvalue weighted by Crippen LogP contribution is -2.46. The van der Waals surface area contributed by atoms with Crippen molar-refractivity contribution in [1.29, 1.82) is 0 Å². The second-order valence-electron chi connectivity index (χ2n) is 6.33. The van der Waals surface area contributed by atoms with Gasteiger partial charge in [0.15, 0.2) is 0 Å². The van der Waals surface area contributed by atoms with Gasteiger partial charge in [0.2, 0.25) is 0 Å². The van der Waals surface area contributed by atoms with Crippen molar-refractivity contribution in [2.75, 3.05) is 26.3 Å². The number of nitrogens with zero attached hydrogens (tertiary/aromatic N) is 1. The molecule has 6 heteroatoms. The van der Waals surface area contributed by atoms with Crippen LogP contribution >= 0.6 is 11.3 Å². The van der Waals surface area contributed by atoms with E-state index >= 15 is 0 Å². The Morgan fingerprint density at radius 3 is 2.91 bits per heavy atom. The van der Waals surface area contributed by atoms with Crippen LogP contribution in [0.1, 0.15) is 16.1 Å². The number of aliphatic carboxylic acids is 1. The van der Waals surface area contributed by atoms with Gasteiger partial charge in [-0.1, -0.05) is 18.2 Å². The van der Waals surface area contributed by atoms with Gasteiger partial charge in [-0.15, -0.1) is 11.3 Å². The van der Waals surface area contributed by atoms with E-state index in [1.165, 1.54) is 11.3 Å². The van der Waals surface area contributed by atoms with Crippen LogP contribution < -0.4 is 0 Å². The zero-order valence-electron chi connectivity index (χ0n) is 12.5. The van der Waals surface area contributed by atoms with Gasteiger partial charge >= 0.3 is 5.97 Å². The predicted octanol–water partition coefficient (Wildman–Crippen LogP) is 2.46. The van der Waals surface area contributed by atoms with Crippen molar-refractivity contribution in [1.82, 2.24) is 4.90 Å². The van der Waals surface area contributed by atoms with Crippen LogP contribution in [-0.2, 0) is 9.53 Å². The van der Waals surface area contributed by atoms with Gasteiger partial charge in [-0.05, 0) is 29.9 Å². The smallest absolute Gasteiger partial charge is 0.314 e. The third-order valence-electron chi connectivity index (χ3n) is 5.01. The first kappa shape index (κ1) is 14.7. The molecule has 0 aliphatic carbocycles. The Kier molecular flexibility index (Phi) is 3.39. The van der Waals surface area contributed by atoms with E-state index in [0.29, 0.717) is 24.4 Å². The van der Waals surface area contributed by atoms with Gasteiger partial charge in [0, 0.05) is 24.4 Å². The summed E-state index contributed by atoms with van der Waals surface area (Å²) >= 11 is 1.46. The van der Waals surface area contributed by atoms with Crippen molar-refractivity contribution in [2.24, 2.45) is 11.3 Å². The van der Waals surface area contributed by atoms with Gasteiger partial charge in [0.25, 0.3) is 5.91 Å². The third-order valence-corrected chi connectivity index (χ3v) is 6.12. The van der Waals surface area contributed by atoms with Crippen molar-refractivity contribution >= 4 is 33.3 Å². The molecular formula is C17H17NO4S. The fraction of sp³-hybridized carbons (Fsp3) is 0.412. The molecule has 2 fully saturated rings. The number of carboxylic acid groups (broad SMARTS) is 1. The molecule has 1 aromatic carbocycles. The second kappa shape index (κ2) is 5.32. The van der Waals surface area contributed by atoms with Gasteiger partial charge in [-0.2, -0.15) is 0 Å². The first-order valence-corrected chi connectivity index (χ1v) is 8.51.